The number of carbonyl (C=O) groups excluding carboxylic acids is 4. The molecule has 3 rings (SSSR count). The fourth-order valence-electron chi connectivity index (χ4n) is 2.90. The highest BCUT2D eigenvalue weighted by atomic mass is 35.5. The largest absolute Gasteiger partial charge is 0.445 e. The number of para-hydroxylation sites is 1. The molecule has 174 valence electrons. The maximum Gasteiger partial charge on any atom is 0.408 e. The standard InChI is InChI=1S/C25H22ClN3O5/c26-19-13-11-17(12-14-19)16-34-25(33)29-22(23(31)18-7-3-1-4-8-18)24(32)27-15-21(30)28-20-9-5-2-6-10-20/h1-14,22H,15-16H2,(H,27,32)(H,28,30)(H,29,33). The molecule has 0 heterocycles. The lowest BCUT2D eigenvalue weighted by Gasteiger charge is -2.17. The Morgan fingerprint density at radius 3 is 2.09 bits per heavy atom. The monoisotopic (exact) mass is 479 g/mol. The highest BCUT2D eigenvalue weighted by Crippen LogP contribution is 2.11. The molecule has 0 aliphatic heterocycles. The zero-order chi connectivity index (χ0) is 24.3. The topological polar surface area (TPSA) is 114 Å². The zero-order valence-corrected chi connectivity index (χ0v) is 18.7. The molecule has 3 aromatic rings. The number of rotatable bonds is 9. The van der Waals surface area contributed by atoms with E-state index in [9.17, 15) is 19.2 Å². The minimum atomic E-state index is -1.59. The van der Waals surface area contributed by atoms with Gasteiger partial charge in [-0.25, -0.2) is 4.79 Å². The molecule has 0 aromatic heterocycles. The van der Waals surface area contributed by atoms with Crippen LogP contribution in [0.4, 0.5) is 10.5 Å². The summed E-state index contributed by atoms with van der Waals surface area (Å²) in [4.78, 5) is 50.2. The lowest BCUT2D eigenvalue weighted by molar-refractivity contribution is -0.124. The van der Waals surface area contributed by atoms with Crippen molar-refractivity contribution in [3.8, 4) is 0 Å². The first kappa shape index (κ1) is 24.5. The quantitative estimate of drug-likeness (QED) is 0.321. The highest BCUT2D eigenvalue weighted by Gasteiger charge is 2.30. The summed E-state index contributed by atoms with van der Waals surface area (Å²) in [7, 11) is 0. The van der Waals surface area contributed by atoms with E-state index in [0.717, 1.165) is 0 Å². The lowest BCUT2D eigenvalue weighted by atomic mass is 10.0. The first-order valence-corrected chi connectivity index (χ1v) is 10.7. The van der Waals surface area contributed by atoms with E-state index in [4.69, 9.17) is 16.3 Å². The van der Waals surface area contributed by atoms with Crippen LogP contribution >= 0.6 is 11.6 Å². The Morgan fingerprint density at radius 1 is 0.824 bits per heavy atom. The van der Waals surface area contributed by atoms with Gasteiger partial charge in [-0.2, -0.15) is 0 Å². The Labute approximate surface area is 201 Å². The van der Waals surface area contributed by atoms with Crippen molar-refractivity contribution in [1.29, 1.82) is 0 Å². The number of nitrogens with one attached hydrogen (secondary N) is 3. The number of anilines is 1. The average molecular weight is 480 g/mol. The molecular formula is C25H22ClN3O5. The Bertz CT molecular complexity index is 1140. The molecule has 3 N–H and O–H groups in total. The Kier molecular flexibility index (Phi) is 8.76. The third-order valence-electron chi connectivity index (χ3n) is 4.61. The Hall–Kier alpha value is -4.17. The van der Waals surface area contributed by atoms with Gasteiger partial charge in [0.1, 0.15) is 6.61 Å². The van der Waals surface area contributed by atoms with Crippen molar-refractivity contribution in [2.45, 2.75) is 12.6 Å². The van der Waals surface area contributed by atoms with Crippen LogP contribution in [0.3, 0.4) is 0 Å². The second kappa shape index (κ2) is 12.2. The van der Waals surface area contributed by atoms with Gasteiger partial charge in [0.05, 0.1) is 6.54 Å². The highest BCUT2D eigenvalue weighted by molar-refractivity contribution is 6.30. The van der Waals surface area contributed by atoms with Crippen molar-refractivity contribution in [2.75, 3.05) is 11.9 Å². The van der Waals surface area contributed by atoms with Crippen molar-refractivity contribution >= 4 is 41.0 Å². The number of ketones is 1. The molecule has 9 heteroatoms. The van der Waals surface area contributed by atoms with Gasteiger partial charge in [0.25, 0.3) is 5.91 Å². The molecule has 0 aliphatic carbocycles. The molecule has 0 saturated heterocycles. The van der Waals surface area contributed by atoms with Crippen molar-refractivity contribution in [2.24, 2.45) is 0 Å². The smallest absolute Gasteiger partial charge is 0.408 e. The normalized spacial score (nSPS) is 11.1. The van der Waals surface area contributed by atoms with Crippen LogP contribution < -0.4 is 16.0 Å². The molecule has 0 radical (unpaired) electrons. The number of halogens is 1. The Balaban J connectivity index is 1.63. The number of carbonyl (C=O) groups is 4. The van der Waals surface area contributed by atoms with E-state index in [-0.39, 0.29) is 12.2 Å². The van der Waals surface area contributed by atoms with Crippen molar-refractivity contribution < 1.29 is 23.9 Å². The van der Waals surface area contributed by atoms with Crippen molar-refractivity contribution in [1.82, 2.24) is 10.6 Å². The fourth-order valence-corrected chi connectivity index (χ4v) is 3.03. The molecule has 1 unspecified atom stereocenters. The molecule has 0 saturated carbocycles. The van der Waals surface area contributed by atoms with Crippen LogP contribution in [0.15, 0.2) is 84.9 Å². The van der Waals surface area contributed by atoms with E-state index in [1.807, 2.05) is 0 Å². The van der Waals surface area contributed by atoms with Crippen LogP contribution in [0.2, 0.25) is 5.02 Å². The van der Waals surface area contributed by atoms with E-state index >= 15 is 0 Å². The molecule has 1 atom stereocenters. The number of Topliss-reactive ketones (excluding diaryl/α,β-unsaturated/α-hetero) is 1. The summed E-state index contributed by atoms with van der Waals surface area (Å²) in [6, 6.07) is 21.8. The van der Waals surface area contributed by atoms with E-state index in [1.165, 1.54) is 12.1 Å². The molecule has 34 heavy (non-hydrogen) atoms. The zero-order valence-electron chi connectivity index (χ0n) is 18.0. The van der Waals surface area contributed by atoms with Gasteiger partial charge in [0.15, 0.2) is 11.8 Å². The summed E-state index contributed by atoms with van der Waals surface area (Å²) < 4.78 is 5.13. The van der Waals surface area contributed by atoms with Gasteiger partial charge in [-0.3, -0.25) is 14.4 Å². The summed E-state index contributed by atoms with van der Waals surface area (Å²) >= 11 is 5.84. The Morgan fingerprint density at radius 2 is 1.44 bits per heavy atom. The maximum atomic E-state index is 12.9. The van der Waals surface area contributed by atoms with Crippen LogP contribution in [0.25, 0.3) is 0 Å². The first-order chi connectivity index (χ1) is 16.4. The summed E-state index contributed by atoms with van der Waals surface area (Å²) in [6.07, 6.45) is -0.965. The SMILES string of the molecule is O=C(CNC(=O)C(NC(=O)OCc1ccc(Cl)cc1)C(=O)c1ccccc1)Nc1ccccc1. The third-order valence-corrected chi connectivity index (χ3v) is 4.86. The van der Waals surface area contributed by atoms with E-state index < -0.39 is 36.3 Å². The van der Waals surface area contributed by atoms with Gasteiger partial charge in [-0.05, 0) is 29.8 Å². The van der Waals surface area contributed by atoms with Crippen molar-refractivity contribution in [3.05, 3.63) is 101 Å². The maximum absolute atomic E-state index is 12.9. The number of ether oxygens (including phenoxy) is 1. The van der Waals surface area contributed by atoms with E-state index in [2.05, 4.69) is 16.0 Å². The molecule has 0 aliphatic rings. The number of hydrogen-bond acceptors (Lipinski definition) is 5. The molecule has 3 amide bonds. The summed E-state index contributed by atoms with van der Waals surface area (Å²) in [5.41, 5.74) is 1.45. The number of hydrogen-bond donors (Lipinski definition) is 3. The average Bonchev–Trinajstić information content (AvgIpc) is 2.86. The fraction of sp³-hybridized carbons (Fsp3) is 0.120. The second-order valence-electron chi connectivity index (χ2n) is 7.14. The number of alkyl carbamates (subject to hydrolysis) is 1. The summed E-state index contributed by atoms with van der Waals surface area (Å²) in [5.74, 6) is -1.98. The minimum absolute atomic E-state index is 0.0870. The van der Waals surface area contributed by atoms with E-state index in [0.29, 0.717) is 16.3 Å². The van der Waals surface area contributed by atoms with Gasteiger partial charge in [-0.15, -0.1) is 0 Å². The second-order valence-corrected chi connectivity index (χ2v) is 7.58. The first-order valence-electron chi connectivity index (χ1n) is 10.3. The number of amides is 3. The minimum Gasteiger partial charge on any atom is -0.445 e. The molecule has 0 fully saturated rings. The predicted octanol–water partition coefficient (Wildman–Crippen LogP) is 3.57. The number of benzene rings is 3. The molecule has 0 bridgehead atoms. The predicted molar refractivity (Wildman–Crippen MR) is 127 cm³/mol. The molecule has 3 aromatic carbocycles. The third kappa shape index (κ3) is 7.46. The van der Waals surface area contributed by atoms with Crippen LogP contribution in [0, 0.1) is 0 Å². The van der Waals surface area contributed by atoms with Crippen LogP contribution in [-0.2, 0) is 20.9 Å². The molecule has 8 nitrogen and oxygen atoms in total. The summed E-state index contributed by atoms with van der Waals surface area (Å²) in [5, 5.41) is 7.83. The van der Waals surface area contributed by atoms with E-state index in [1.54, 1.807) is 72.8 Å². The summed E-state index contributed by atoms with van der Waals surface area (Å²) in [6.45, 7) is -0.482. The van der Waals surface area contributed by atoms with Crippen molar-refractivity contribution in [3.63, 3.8) is 0 Å². The van der Waals surface area contributed by atoms with Gasteiger partial charge >= 0.3 is 6.09 Å². The van der Waals surface area contributed by atoms with Gasteiger partial charge in [0, 0.05) is 16.3 Å². The van der Waals surface area contributed by atoms with Gasteiger partial charge < -0.3 is 20.7 Å². The van der Waals surface area contributed by atoms with Crippen LogP contribution in [0.1, 0.15) is 15.9 Å². The van der Waals surface area contributed by atoms with Crippen LogP contribution in [0.5, 0.6) is 0 Å². The lowest BCUT2D eigenvalue weighted by Crippen LogP contribution is -2.52. The van der Waals surface area contributed by atoms with Crippen LogP contribution in [-0.4, -0.2) is 36.3 Å². The molecule has 0 spiro atoms. The molecular weight excluding hydrogens is 458 g/mol. The van der Waals surface area contributed by atoms with Gasteiger partial charge in [-0.1, -0.05) is 72.3 Å². The van der Waals surface area contributed by atoms with Gasteiger partial charge in [0.2, 0.25) is 5.91 Å².